The maximum absolute atomic E-state index is 14.6. The van der Waals surface area contributed by atoms with Crippen molar-refractivity contribution in [2.45, 2.75) is 58.5 Å². The molecule has 1 atom stereocenters. The van der Waals surface area contributed by atoms with E-state index in [1.165, 1.54) is 17.0 Å². The SMILES string of the molecule is Cc1c(Cc2ccc(F)c(C(=O)N3CC(=O)N(C4CCC4)C(C)C3)c2)n[nH]c(=O)c1C. The highest BCUT2D eigenvalue weighted by Gasteiger charge is 2.38. The fraction of sp³-hybridized carbons (Fsp3) is 0.478. The van der Waals surface area contributed by atoms with Gasteiger partial charge in [-0.3, -0.25) is 14.4 Å². The number of carbonyl (C=O) groups excluding carboxylic acids is 2. The Kier molecular flexibility index (Phi) is 5.64. The molecule has 0 bridgehead atoms. The fourth-order valence-corrected chi connectivity index (χ4v) is 4.40. The van der Waals surface area contributed by atoms with Gasteiger partial charge in [0.25, 0.3) is 11.5 Å². The molecule has 0 radical (unpaired) electrons. The molecular formula is C23H27FN4O3. The highest BCUT2D eigenvalue weighted by molar-refractivity contribution is 5.97. The molecule has 0 spiro atoms. The van der Waals surface area contributed by atoms with Crippen LogP contribution in [0.2, 0.25) is 0 Å². The van der Waals surface area contributed by atoms with Gasteiger partial charge in [0.1, 0.15) is 12.4 Å². The zero-order chi connectivity index (χ0) is 22.3. The number of aromatic amines is 1. The smallest absolute Gasteiger partial charge is 0.267 e. The molecule has 1 saturated carbocycles. The van der Waals surface area contributed by atoms with Gasteiger partial charge < -0.3 is 9.80 Å². The first kappa shape index (κ1) is 21.2. The average Bonchev–Trinajstić information content (AvgIpc) is 2.70. The molecule has 1 aliphatic carbocycles. The van der Waals surface area contributed by atoms with E-state index in [1.54, 1.807) is 13.0 Å². The number of aromatic nitrogens is 2. The van der Waals surface area contributed by atoms with Crippen molar-refractivity contribution in [3.05, 3.63) is 62.3 Å². The zero-order valence-corrected chi connectivity index (χ0v) is 18.1. The largest absolute Gasteiger partial charge is 0.334 e. The minimum absolute atomic E-state index is 0.0247. The number of piperazine rings is 1. The van der Waals surface area contributed by atoms with E-state index in [2.05, 4.69) is 10.2 Å². The van der Waals surface area contributed by atoms with Crippen molar-refractivity contribution >= 4 is 11.8 Å². The lowest BCUT2D eigenvalue weighted by Gasteiger charge is -2.46. The second kappa shape index (κ2) is 8.24. The maximum Gasteiger partial charge on any atom is 0.267 e. The van der Waals surface area contributed by atoms with Crippen LogP contribution in [0.5, 0.6) is 0 Å². The Labute approximate surface area is 180 Å². The Morgan fingerprint density at radius 1 is 1.23 bits per heavy atom. The normalized spacial score (nSPS) is 19.5. The molecule has 1 unspecified atom stereocenters. The summed E-state index contributed by atoms with van der Waals surface area (Å²) in [6, 6.07) is 4.59. The number of rotatable bonds is 4. The molecule has 164 valence electrons. The minimum atomic E-state index is -0.613. The molecule has 1 N–H and O–H groups in total. The summed E-state index contributed by atoms with van der Waals surface area (Å²) in [7, 11) is 0. The van der Waals surface area contributed by atoms with Crippen LogP contribution in [-0.2, 0) is 11.2 Å². The van der Waals surface area contributed by atoms with Crippen LogP contribution in [0, 0.1) is 19.7 Å². The molecule has 4 rings (SSSR count). The second-order valence-corrected chi connectivity index (χ2v) is 8.66. The van der Waals surface area contributed by atoms with Gasteiger partial charge in [0.2, 0.25) is 5.91 Å². The maximum atomic E-state index is 14.6. The highest BCUT2D eigenvalue weighted by Crippen LogP contribution is 2.29. The van der Waals surface area contributed by atoms with Gasteiger partial charge in [-0.2, -0.15) is 5.10 Å². The van der Waals surface area contributed by atoms with Crippen LogP contribution in [-0.4, -0.2) is 57.0 Å². The van der Waals surface area contributed by atoms with Crippen molar-refractivity contribution in [1.82, 2.24) is 20.0 Å². The molecule has 2 fully saturated rings. The number of amides is 2. The van der Waals surface area contributed by atoms with E-state index in [0.717, 1.165) is 24.8 Å². The van der Waals surface area contributed by atoms with Gasteiger partial charge >= 0.3 is 0 Å². The van der Waals surface area contributed by atoms with Crippen LogP contribution >= 0.6 is 0 Å². The molecule has 2 heterocycles. The minimum Gasteiger partial charge on any atom is -0.334 e. The fourth-order valence-electron chi connectivity index (χ4n) is 4.40. The zero-order valence-electron chi connectivity index (χ0n) is 18.1. The van der Waals surface area contributed by atoms with Gasteiger partial charge in [-0.05, 0) is 63.3 Å². The van der Waals surface area contributed by atoms with Gasteiger partial charge in [0.15, 0.2) is 0 Å². The monoisotopic (exact) mass is 426 g/mol. The Hall–Kier alpha value is -3.03. The van der Waals surface area contributed by atoms with Gasteiger partial charge in [0, 0.05) is 30.6 Å². The summed E-state index contributed by atoms with van der Waals surface area (Å²) < 4.78 is 14.6. The van der Waals surface area contributed by atoms with Crippen LogP contribution in [0.25, 0.3) is 0 Å². The van der Waals surface area contributed by atoms with Crippen LogP contribution in [0.3, 0.4) is 0 Å². The molecule has 2 amide bonds. The van der Waals surface area contributed by atoms with Crippen LogP contribution < -0.4 is 5.56 Å². The summed E-state index contributed by atoms with van der Waals surface area (Å²) in [6.07, 6.45) is 3.51. The Balaban J connectivity index is 1.54. The third-order valence-electron chi connectivity index (χ3n) is 6.59. The summed E-state index contributed by atoms with van der Waals surface area (Å²) in [5.74, 6) is -1.16. The summed E-state index contributed by atoms with van der Waals surface area (Å²) in [6.45, 7) is 5.85. The number of hydrogen-bond acceptors (Lipinski definition) is 4. The number of hydrogen-bond donors (Lipinski definition) is 1. The molecule has 1 aromatic carbocycles. The van der Waals surface area contributed by atoms with Crippen LogP contribution in [0.1, 0.15) is 58.9 Å². The van der Waals surface area contributed by atoms with Gasteiger partial charge in [-0.15, -0.1) is 0 Å². The Morgan fingerprint density at radius 2 is 1.97 bits per heavy atom. The molecule has 8 heteroatoms. The predicted octanol–water partition coefficient (Wildman–Crippen LogP) is 2.34. The van der Waals surface area contributed by atoms with E-state index in [-0.39, 0.29) is 35.7 Å². The van der Waals surface area contributed by atoms with Crippen molar-refractivity contribution in [2.24, 2.45) is 0 Å². The number of H-pyrrole nitrogens is 1. The summed E-state index contributed by atoms with van der Waals surface area (Å²) in [5, 5.41) is 6.57. The van der Waals surface area contributed by atoms with E-state index in [0.29, 0.717) is 29.8 Å². The van der Waals surface area contributed by atoms with Crippen molar-refractivity contribution < 1.29 is 14.0 Å². The van der Waals surface area contributed by atoms with Crippen molar-refractivity contribution in [3.63, 3.8) is 0 Å². The lowest BCUT2D eigenvalue weighted by molar-refractivity contribution is -0.143. The summed E-state index contributed by atoms with van der Waals surface area (Å²) in [4.78, 5) is 40.8. The summed E-state index contributed by atoms with van der Waals surface area (Å²) >= 11 is 0. The predicted molar refractivity (Wildman–Crippen MR) is 113 cm³/mol. The van der Waals surface area contributed by atoms with Gasteiger partial charge in [-0.1, -0.05) is 6.07 Å². The van der Waals surface area contributed by atoms with Gasteiger partial charge in [0.05, 0.1) is 11.3 Å². The molecule has 31 heavy (non-hydrogen) atoms. The van der Waals surface area contributed by atoms with Crippen molar-refractivity contribution in [3.8, 4) is 0 Å². The number of benzene rings is 1. The van der Waals surface area contributed by atoms with Crippen LogP contribution in [0.4, 0.5) is 4.39 Å². The Bertz CT molecular complexity index is 1090. The van der Waals surface area contributed by atoms with E-state index < -0.39 is 11.7 Å². The standard InChI is InChI=1S/C23H27FN4O3/c1-13-11-27(12-21(29)28(13)17-5-4-6-17)23(31)18-9-16(7-8-19(18)24)10-20-14(2)15(3)22(30)26-25-20/h7-9,13,17H,4-6,10-12H2,1-3H3,(H,26,30). The topological polar surface area (TPSA) is 86.4 Å². The summed E-state index contributed by atoms with van der Waals surface area (Å²) in [5.41, 5.74) is 2.44. The molecule has 1 aromatic heterocycles. The van der Waals surface area contributed by atoms with Crippen LogP contribution in [0.15, 0.2) is 23.0 Å². The van der Waals surface area contributed by atoms with E-state index >= 15 is 0 Å². The number of carbonyl (C=O) groups is 2. The molecular weight excluding hydrogens is 399 g/mol. The van der Waals surface area contributed by atoms with Crippen molar-refractivity contribution in [1.29, 1.82) is 0 Å². The van der Waals surface area contributed by atoms with Gasteiger partial charge in [-0.25, -0.2) is 9.49 Å². The van der Waals surface area contributed by atoms with E-state index in [4.69, 9.17) is 0 Å². The first-order chi connectivity index (χ1) is 14.8. The molecule has 2 aliphatic rings. The third kappa shape index (κ3) is 3.98. The second-order valence-electron chi connectivity index (χ2n) is 8.66. The van der Waals surface area contributed by atoms with Crippen molar-refractivity contribution in [2.75, 3.05) is 13.1 Å². The average molecular weight is 426 g/mol. The number of halogens is 1. The molecule has 1 aliphatic heterocycles. The number of nitrogens with one attached hydrogen (secondary N) is 1. The molecule has 7 nitrogen and oxygen atoms in total. The third-order valence-corrected chi connectivity index (χ3v) is 6.59. The lowest BCUT2D eigenvalue weighted by Crippen LogP contribution is -2.61. The highest BCUT2D eigenvalue weighted by atomic mass is 19.1. The quantitative estimate of drug-likeness (QED) is 0.813. The molecule has 2 aromatic rings. The van der Waals surface area contributed by atoms with E-state index in [1.807, 2.05) is 18.7 Å². The Morgan fingerprint density at radius 3 is 2.61 bits per heavy atom. The molecule has 1 saturated heterocycles. The van der Waals surface area contributed by atoms with E-state index in [9.17, 15) is 18.8 Å². The number of nitrogens with zero attached hydrogens (tertiary/aromatic N) is 3. The first-order valence-electron chi connectivity index (χ1n) is 10.7. The first-order valence-corrected chi connectivity index (χ1v) is 10.7. The lowest BCUT2D eigenvalue weighted by atomic mass is 9.89.